The van der Waals surface area contributed by atoms with Gasteiger partial charge in [-0.05, 0) is 19.3 Å². The van der Waals surface area contributed by atoms with E-state index in [0.29, 0.717) is 19.7 Å². The lowest BCUT2D eigenvalue weighted by molar-refractivity contribution is -0.131. The van der Waals surface area contributed by atoms with Gasteiger partial charge in [0.1, 0.15) is 0 Å². The van der Waals surface area contributed by atoms with Crippen LogP contribution < -0.4 is 5.32 Å². The molecule has 0 saturated carbocycles. The van der Waals surface area contributed by atoms with Gasteiger partial charge in [0, 0.05) is 26.7 Å². The summed E-state index contributed by atoms with van der Waals surface area (Å²) in [5.74, 6) is 0.129. The van der Waals surface area contributed by atoms with Gasteiger partial charge in [-0.15, -0.1) is 0 Å². The SMILES string of the molecule is COCC(O)CNCC(=O)N1CCCCC1. The highest BCUT2D eigenvalue weighted by Gasteiger charge is 2.15. The molecule has 0 aromatic carbocycles. The van der Waals surface area contributed by atoms with Gasteiger partial charge in [0.15, 0.2) is 0 Å². The minimum Gasteiger partial charge on any atom is -0.389 e. The fourth-order valence-electron chi connectivity index (χ4n) is 1.85. The Morgan fingerprint density at radius 2 is 2.12 bits per heavy atom. The van der Waals surface area contributed by atoms with Crippen LogP contribution in [0.25, 0.3) is 0 Å². The molecule has 0 aromatic heterocycles. The maximum Gasteiger partial charge on any atom is 0.236 e. The van der Waals surface area contributed by atoms with Crippen LogP contribution in [-0.4, -0.2) is 61.9 Å². The van der Waals surface area contributed by atoms with E-state index < -0.39 is 6.10 Å². The van der Waals surface area contributed by atoms with Crippen molar-refractivity contribution in [3.63, 3.8) is 0 Å². The summed E-state index contributed by atoms with van der Waals surface area (Å²) in [7, 11) is 1.54. The molecule has 16 heavy (non-hydrogen) atoms. The number of methoxy groups -OCH3 is 1. The van der Waals surface area contributed by atoms with Gasteiger partial charge in [0.05, 0.1) is 19.3 Å². The summed E-state index contributed by atoms with van der Waals surface area (Å²) in [4.78, 5) is 13.6. The maximum absolute atomic E-state index is 11.7. The molecule has 1 heterocycles. The molecule has 1 saturated heterocycles. The van der Waals surface area contributed by atoms with Crippen molar-refractivity contribution in [3.8, 4) is 0 Å². The third-order valence-corrected chi connectivity index (χ3v) is 2.72. The van der Waals surface area contributed by atoms with Gasteiger partial charge >= 0.3 is 0 Å². The molecule has 1 amide bonds. The second-order valence-electron chi connectivity index (χ2n) is 4.18. The summed E-state index contributed by atoms with van der Waals surface area (Å²) in [6.07, 6.45) is 2.90. The Morgan fingerprint density at radius 1 is 1.44 bits per heavy atom. The number of ether oxygens (including phenoxy) is 1. The summed E-state index contributed by atoms with van der Waals surface area (Å²) < 4.78 is 4.79. The summed E-state index contributed by atoms with van der Waals surface area (Å²) in [5, 5.41) is 12.3. The molecule has 1 unspecified atom stereocenters. The molecule has 0 spiro atoms. The highest BCUT2D eigenvalue weighted by molar-refractivity contribution is 5.78. The van der Waals surface area contributed by atoms with E-state index in [2.05, 4.69) is 5.32 Å². The molecule has 5 nitrogen and oxygen atoms in total. The molecule has 0 aliphatic carbocycles. The number of likely N-dealkylation sites (tertiary alicyclic amines) is 1. The second-order valence-corrected chi connectivity index (χ2v) is 4.18. The lowest BCUT2D eigenvalue weighted by Crippen LogP contribution is -2.43. The van der Waals surface area contributed by atoms with Crippen LogP contribution in [0.2, 0.25) is 0 Å². The van der Waals surface area contributed by atoms with Crippen molar-refractivity contribution in [3.05, 3.63) is 0 Å². The molecular formula is C11H22N2O3. The van der Waals surface area contributed by atoms with Crippen molar-refractivity contribution in [1.29, 1.82) is 0 Å². The van der Waals surface area contributed by atoms with Crippen LogP contribution in [0.5, 0.6) is 0 Å². The summed E-state index contributed by atoms with van der Waals surface area (Å²) >= 11 is 0. The standard InChI is InChI=1S/C11H22N2O3/c1-16-9-10(14)7-12-8-11(15)13-5-3-2-4-6-13/h10,12,14H,2-9H2,1H3. The largest absolute Gasteiger partial charge is 0.389 e. The number of nitrogens with one attached hydrogen (secondary N) is 1. The number of carbonyl (C=O) groups is 1. The predicted molar refractivity (Wildman–Crippen MR) is 61.2 cm³/mol. The van der Waals surface area contributed by atoms with Crippen molar-refractivity contribution in [2.45, 2.75) is 25.4 Å². The fraction of sp³-hybridized carbons (Fsp3) is 0.909. The summed E-state index contributed by atoms with van der Waals surface area (Å²) in [6, 6.07) is 0. The van der Waals surface area contributed by atoms with E-state index >= 15 is 0 Å². The van der Waals surface area contributed by atoms with Crippen LogP contribution in [0.4, 0.5) is 0 Å². The van der Waals surface area contributed by atoms with E-state index in [-0.39, 0.29) is 5.91 Å². The van der Waals surface area contributed by atoms with Gasteiger partial charge in [-0.3, -0.25) is 4.79 Å². The van der Waals surface area contributed by atoms with Gasteiger partial charge in [-0.25, -0.2) is 0 Å². The Morgan fingerprint density at radius 3 is 2.75 bits per heavy atom. The first-order chi connectivity index (χ1) is 7.74. The van der Waals surface area contributed by atoms with Crippen LogP contribution in [0.1, 0.15) is 19.3 Å². The molecule has 2 N–H and O–H groups in total. The van der Waals surface area contributed by atoms with Crippen LogP contribution in [0.15, 0.2) is 0 Å². The zero-order valence-corrected chi connectivity index (χ0v) is 9.95. The zero-order chi connectivity index (χ0) is 11.8. The highest BCUT2D eigenvalue weighted by atomic mass is 16.5. The first kappa shape index (κ1) is 13.4. The lowest BCUT2D eigenvalue weighted by atomic mass is 10.1. The molecule has 1 atom stereocenters. The van der Waals surface area contributed by atoms with Gasteiger partial charge in [-0.1, -0.05) is 0 Å². The van der Waals surface area contributed by atoms with Crippen molar-refractivity contribution in [1.82, 2.24) is 10.2 Å². The summed E-state index contributed by atoms with van der Waals surface area (Å²) in [5.41, 5.74) is 0. The fourth-order valence-corrected chi connectivity index (χ4v) is 1.85. The molecule has 1 aliphatic rings. The highest BCUT2D eigenvalue weighted by Crippen LogP contribution is 2.08. The molecule has 1 aliphatic heterocycles. The van der Waals surface area contributed by atoms with Crippen LogP contribution in [0, 0.1) is 0 Å². The van der Waals surface area contributed by atoms with Gasteiger partial charge in [0.2, 0.25) is 5.91 Å². The topological polar surface area (TPSA) is 61.8 Å². The number of nitrogens with zero attached hydrogens (tertiary/aromatic N) is 1. The Labute approximate surface area is 96.8 Å². The average Bonchev–Trinajstić information content (AvgIpc) is 2.30. The summed E-state index contributed by atoms with van der Waals surface area (Å²) in [6.45, 7) is 2.75. The molecule has 94 valence electrons. The average molecular weight is 230 g/mol. The van der Waals surface area contributed by atoms with E-state index in [9.17, 15) is 9.90 Å². The van der Waals surface area contributed by atoms with E-state index in [1.807, 2.05) is 4.90 Å². The molecule has 5 heteroatoms. The van der Waals surface area contributed by atoms with Crippen molar-refractivity contribution in [2.75, 3.05) is 39.9 Å². The number of carbonyl (C=O) groups excluding carboxylic acids is 1. The number of aliphatic hydroxyl groups excluding tert-OH is 1. The number of amides is 1. The Hall–Kier alpha value is -0.650. The zero-order valence-electron chi connectivity index (χ0n) is 9.95. The second kappa shape index (κ2) is 7.60. The van der Waals surface area contributed by atoms with E-state index in [0.717, 1.165) is 25.9 Å². The monoisotopic (exact) mass is 230 g/mol. The van der Waals surface area contributed by atoms with E-state index in [4.69, 9.17) is 4.74 Å². The van der Waals surface area contributed by atoms with E-state index in [1.54, 1.807) is 7.11 Å². The molecule has 0 aromatic rings. The third-order valence-electron chi connectivity index (χ3n) is 2.72. The van der Waals surface area contributed by atoms with Crippen molar-refractivity contribution >= 4 is 5.91 Å². The quantitative estimate of drug-likeness (QED) is 0.651. The normalized spacial score (nSPS) is 18.5. The molecule has 1 fully saturated rings. The molecule has 1 rings (SSSR count). The molecule has 0 radical (unpaired) electrons. The minimum atomic E-state index is -0.542. The van der Waals surface area contributed by atoms with Crippen molar-refractivity contribution < 1.29 is 14.6 Å². The number of hydrogen-bond acceptors (Lipinski definition) is 4. The predicted octanol–water partition coefficient (Wildman–Crippen LogP) is -0.404. The van der Waals surface area contributed by atoms with Crippen LogP contribution in [0.3, 0.4) is 0 Å². The maximum atomic E-state index is 11.7. The number of rotatable bonds is 6. The molecular weight excluding hydrogens is 208 g/mol. The number of aliphatic hydroxyl groups is 1. The van der Waals surface area contributed by atoms with Crippen molar-refractivity contribution in [2.24, 2.45) is 0 Å². The molecule has 0 bridgehead atoms. The first-order valence-corrected chi connectivity index (χ1v) is 5.89. The van der Waals surface area contributed by atoms with Gasteiger partial charge in [0.25, 0.3) is 0 Å². The van der Waals surface area contributed by atoms with Gasteiger partial charge in [-0.2, -0.15) is 0 Å². The number of piperidine rings is 1. The van der Waals surface area contributed by atoms with E-state index in [1.165, 1.54) is 6.42 Å². The Balaban J connectivity index is 2.09. The third kappa shape index (κ3) is 4.92. The Bertz CT molecular complexity index is 205. The Kier molecular flexibility index (Phi) is 6.37. The minimum absolute atomic E-state index is 0.129. The van der Waals surface area contributed by atoms with Gasteiger partial charge < -0.3 is 20.1 Å². The lowest BCUT2D eigenvalue weighted by Gasteiger charge is -2.27. The first-order valence-electron chi connectivity index (χ1n) is 5.89. The number of hydrogen-bond donors (Lipinski definition) is 2. The van der Waals surface area contributed by atoms with Crippen LogP contribution in [-0.2, 0) is 9.53 Å². The van der Waals surface area contributed by atoms with Crippen LogP contribution >= 0.6 is 0 Å². The smallest absolute Gasteiger partial charge is 0.236 e.